The second-order valence-corrected chi connectivity index (χ2v) is 18.1. The number of hydrogen-bond acceptors (Lipinski definition) is 2. The van der Waals surface area contributed by atoms with Gasteiger partial charge in [0.25, 0.3) is 0 Å². The van der Waals surface area contributed by atoms with Gasteiger partial charge in [-0.05, 0) is 107 Å². The van der Waals surface area contributed by atoms with E-state index in [1.165, 1.54) is 21.9 Å². The molecular weight excluding hydrogens is 723 g/mol. The molecule has 0 bridgehead atoms. The van der Waals surface area contributed by atoms with Crippen LogP contribution in [0, 0.1) is 0 Å². The quantitative estimate of drug-likeness (QED) is 0.180. The number of benzene rings is 7. The first-order valence-corrected chi connectivity index (χ1v) is 20.5. The SMILES string of the molecule is CC(C)(C)c1ccc2c(c1)n(-c1cccc(-n3c4ccccc4c4ccc(-n5c6cc(C(C)(C)C)ccc6n6c7ccccc7nc56)cc43)c1)c1nc3ccccc3n21. The summed E-state index contributed by atoms with van der Waals surface area (Å²) < 4.78 is 11.7. The van der Waals surface area contributed by atoms with Gasteiger partial charge in [-0.2, -0.15) is 0 Å². The first kappa shape index (κ1) is 34.0. The van der Waals surface area contributed by atoms with Gasteiger partial charge >= 0.3 is 0 Å². The number of imidazole rings is 4. The van der Waals surface area contributed by atoms with Crippen LogP contribution in [-0.4, -0.2) is 32.5 Å². The monoisotopic (exact) mass is 765 g/mol. The van der Waals surface area contributed by atoms with Crippen molar-refractivity contribution in [1.29, 1.82) is 0 Å². The molecule has 0 unspecified atom stereocenters. The van der Waals surface area contributed by atoms with E-state index in [0.29, 0.717) is 0 Å². The molecular formula is C52H43N7. The van der Waals surface area contributed by atoms with Crippen molar-refractivity contribution in [2.45, 2.75) is 52.4 Å². The summed E-state index contributed by atoms with van der Waals surface area (Å²) in [6, 6.07) is 55.3. The number of rotatable bonds is 3. The van der Waals surface area contributed by atoms with Gasteiger partial charge in [-0.25, -0.2) is 9.97 Å². The lowest BCUT2D eigenvalue weighted by Gasteiger charge is -2.19. The summed E-state index contributed by atoms with van der Waals surface area (Å²) >= 11 is 0. The lowest BCUT2D eigenvalue weighted by Crippen LogP contribution is -2.11. The van der Waals surface area contributed by atoms with Gasteiger partial charge in [-0.3, -0.25) is 17.9 Å². The third-order valence-corrected chi connectivity index (χ3v) is 12.4. The molecule has 59 heavy (non-hydrogen) atoms. The zero-order valence-corrected chi connectivity index (χ0v) is 34.1. The minimum absolute atomic E-state index is 0.00989. The van der Waals surface area contributed by atoms with Crippen molar-refractivity contribution in [3.63, 3.8) is 0 Å². The molecule has 0 aliphatic carbocycles. The molecule has 0 radical (unpaired) electrons. The number of aromatic nitrogens is 7. The van der Waals surface area contributed by atoms with Gasteiger partial charge in [0, 0.05) is 16.5 Å². The summed E-state index contributed by atoms with van der Waals surface area (Å²) in [5.41, 5.74) is 16.8. The molecule has 0 saturated carbocycles. The van der Waals surface area contributed by atoms with Crippen LogP contribution in [0.4, 0.5) is 0 Å². The first-order chi connectivity index (χ1) is 28.5. The van der Waals surface area contributed by atoms with E-state index in [4.69, 9.17) is 9.97 Å². The highest BCUT2D eigenvalue weighted by Crippen LogP contribution is 2.39. The third-order valence-electron chi connectivity index (χ3n) is 12.4. The molecule has 0 aliphatic heterocycles. The van der Waals surface area contributed by atoms with Crippen LogP contribution >= 0.6 is 0 Å². The average Bonchev–Trinajstić information content (AvgIpc) is 4.02. The Labute approximate surface area is 341 Å². The molecule has 286 valence electrons. The highest BCUT2D eigenvalue weighted by Gasteiger charge is 2.24. The lowest BCUT2D eigenvalue weighted by atomic mass is 9.87. The Morgan fingerprint density at radius 2 is 0.814 bits per heavy atom. The molecule has 7 nitrogen and oxygen atoms in total. The molecule has 7 aromatic carbocycles. The van der Waals surface area contributed by atoms with Crippen LogP contribution < -0.4 is 0 Å². The van der Waals surface area contributed by atoms with E-state index in [-0.39, 0.29) is 10.8 Å². The maximum atomic E-state index is 5.26. The summed E-state index contributed by atoms with van der Waals surface area (Å²) in [5.74, 6) is 1.81. The Kier molecular flexibility index (Phi) is 6.75. The van der Waals surface area contributed by atoms with Crippen LogP contribution in [0.25, 0.3) is 94.6 Å². The molecule has 0 spiro atoms. The minimum Gasteiger partial charge on any atom is -0.309 e. The van der Waals surface area contributed by atoms with Crippen molar-refractivity contribution >= 4 is 77.5 Å². The molecule has 0 amide bonds. The van der Waals surface area contributed by atoms with Crippen molar-refractivity contribution in [2.75, 3.05) is 0 Å². The lowest BCUT2D eigenvalue weighted by molar-refractivity contribution is 0.590. The first-order valence-electron chi connectivity index (χ1n) is 20.5. The molecule has 12 aromatic rings. The fourth-order valence-corrected chi connectivity index (χ4v) is 9.39. The Hall–Kier alpha value is -7.12. The summed E-state index contributed by atoms with van der Waals surface area (Å²) in [6.45, 7) is 13.7. The second kappa shape index (κ2) is 11.7. The molecule has 5 heterocycles. The second-order valence-electron chi connectivity index (χ2n) is 18.1. The average molecular weight is 766 g/mol. The van der Waals surface area contributed by atoms with E-state index in [0.717, 1.165) is 83.8 Å². The summed E-state index contributed by atoms with van der Waals surface area (Å²) in [4.78, 5) is 10.5. The maximum absolute atomic E-state index is 5.26. The highest BCUT2D eigenvalue weighted by molar-refractivity contribution is 6.10. The van der Waals surface area contributed by atoms with E-state index in [2.05, 4.69) is 216 Å². The van der Waals surface area contributed by atoms with E-state index < -0.39 is 0 Å². The van der Waals surface area contributed by atoms with Crippen LogP contribution in [0.15, 0.2) is 152 Å². The van der Waals surface area contributed by atoms with Gasteiger partial charge in [0.15, 0.2) is 0 Å². The van der Waals surface area contributed by atoms with Crippen LogP contribution in [0.2, 0.25) is 0 Å². The molecule has 0 saturated heterocycles. The van der Waals surface area contributed by atoms with Crippen LogP contribution in [-0.2, 0) is 10.8 Å². The number of fused-ring (bicyclic) bond motifs is 13. The van der Waals surface area contributed by atoms with Crippen molar-refractivity contribution < 1.29 is 0 Å². The normalized spacial score (nSPS) is 12.9. The smallest absolute Gasteiger partial charge is 0.220 e. The fourth-order valence-electron chi connectivity index (χ4n) is 9.39. The van der Waals surface area contributed by atoms with Gasteiger partial charge in [0.05, 0.1) is 66.5 Å². The van der Waals surface area contributed by atoms with E-state index >= 15 is 0 Å². The van der Waals surface area contributed by atoms with Crippen molar-refractivity contribution in [3.8, 4) is 17.1 Å². The largest absolute Gasteiger partial charge is 0.309 e. The van der Waals surface area contributed by atoms with Gasteiger partial charge < -0.3 is 4.57 Å². The van der Waals surface area contributed by atoms with Crippen molar-refractivity contribution in [2.24, 2.45) is 0 Å². The zero-order chi connectivity index (χ0) is 39.9. The fraction of sp³-hybridized carbons (Fsp3) is 0.154. The summed E-state index contributed by atoms with van der Waals surface area (Å²) in [7, 11) is 0. The Morgan fingerprint density at radius 1 is 0.339 bits per heavy atom. The van der Waals surface area contributed by atoms with Gasteiger partial charge in [-0.15, -0.1) is 0 Å². The molecule has 0 fully saturated rings. The summed E-state index contributed by atoms with van der Waals surface area (Å²) in [5, 5.41) is 2.42. The highest BCUT2D eigenvalue weighted by atomic mass is 15.2. The van der Waals surface area contributed by atoms with Gasteiger partial charge in [0.2, 0.25) is 11.6 Å². The van der Waals surface area contributed by atoms with Gasteiger partial charge in [0.1, 0.15) is 0 Å². The zero-order valence-electron chi connectivity index (χ0n) is 34.1. The molecule has 7 heteroatoms. The Bertz CT molecular complexity index is 3700. The Balaban J connectivity index is 1.13. The van der Waals surface area contributed by atoms with Crippen LogP contribution in [0.5, 0.6) is 0 Å². The molecule has 0 aliphatic rings. The van der Waals surface area contributed by atoms with E-state index in [1.54, 1.807) is 0 Å². The van der Waals surface area contributed by atoms with Gasteiger partial charge in [-0.1, -0.05) is 108 Å². The van der Waals surface area contributed by atoms with Crippen LogP contribution in [0.3, 0.4) is 0 Å². The topological polar surface area (TPSA) is 49.4 Å². The predicted octanol–water partition coefficient (Wildman–Crippen LogP) is 12.9. The molecule has 0 atom stereocenters. The molecule has 0 N–H and O–H groups in total. The van der Waals surface area contributed by atoms with Crippen molar-refractivity contribution in [1.82, 2.24) is 32.5 Å². The van der Waals surface area contributed by atoms with Crippen LogP contribution in [0.1, 0.15) is 52.7 Å². The maximum Gasteiger partial charge on any atom is 0.220 e. The Morgan fingerprint density at radius 3 is 1.37 bits per heavy atom. The van der Waals surface area contributed by atoms with E-state index in [9.17, 15) is 0 Å². The number of hydrogen-bond donors (Lipinski definition) is 0. The number of para-hydroxylation sites is 5. The molecule has 12 rings (SSSR count). The molecule has 5 aromatic heterocycles. The van der Waals surface area contributed by atoms with E-state index in [1.807, 2.05) is 0 Å². The van der Waals surface area contributed by atoms with Crippen molar-refractivity contribution in [3.05, 3.63) is 163 Å². The number of nitrogens with zero attached hydrogens (tertiary/aromatic N) is 7. The third kappa shape index (κ3) is 4.82. The minimum atomic E-state index is -0.0110. The predicted molar refractivity (Wildman–Crippen MR) is 244 cm³/mol. The summed E-state index contributed by atoms with van der Waals surface area (Å²) in [6.07, 6.45) is 0. The standard InChI is InChI=1S/C52H43N7/c1-51(2,3)32-22-26-44-47(28-32)56(49-53-39-17-8-11-20-42(39)58(44)49)35-15-13-14-34(30-35)55-41-19-10-7-16-37(41)38-25-24-36(31-46(38)55)57-48-29-33(52(4,5)6)23-27-45(48)59-43-21-12-9-18-40(43)54-50(57)59/h7-31H,1-6H3.